The van der Waals surface area contributed by atoms with Crippen LogP contribution in [0.5, 0.6) is 0 Å². The van der Waals surface area contributed by atoms with Crippen LogP contribution in [-0.4, -0.2) is 41.9 Å². The maximum Gasteiger partial charge on any atom is 0.325 e. The van der Waals surface area contributed by atoms with E-state index in [9.17, 15) is 4.79 Å². The molecule has 2 saturated heterocycles. The van der Waals surface area contributed by atoms with E-state index in [0.29, 0.717) is 19.6 Å². The molecule has 2 aromatic carbocycles. The minimum absolute atomic E-state index is 0.102. The third-order valence-electron chi connectivity index (χ3n) is 8.48. The van der Waals surface area contributed by atoms with Crippen molar-refractivity contribution in [1.82, 2.24) is 4.90 Å². The number of halogens is 4. The Bertz CT molecular complexity index is 1310. The molecule has 3 heterocycles. The highest BCUT2D eigenvalue weighted by molar-refractivity contribution is 6.31. The van der Waals surface area contributed by atoms with Crippen molar-refractivity contribution in [3.8, 4) is 0 Å². The molecule has 5 nitrogen and oxygen atoms in total. The lowest BCUT2D eigenvalue weighted by molar-refractivity contribution is -0.152. The van der Waals surface area contributed by atoms with E-state index in [-0.39, 0.29) is 21.2 Å². The second-order valence-electron chi connectivity index (χ2n) is 11.6. The number of nitrogens with zero attached hydrogens (tertiary/aromatic N) is 1. The number of cyclic esters (lactones) is 1. The van der Waals surface area contributed by atoms with Gasteiger partial charge in [-0.15, -0.1) is 0 Å². The van der Waals surface area contributed by atoms with Crippen LogP contribution in [0, 0.1) is 17.0 Å². The number of esters is 1. The lowest BCUT2D eigenvalue weighted by Crippen LogP contribution is -2.57. The zero-order chi connectivity index (χ0) is 27.6. The summed E-state index contributed by atoms with van der Waals surface area (Å²) in [6.07, 6.45) is 3.27. The number of hydrogen-bond donors (Lipinski definition) is 1. The highest BCUT2D eigenvalue weighted by atomic mass is 35.5. The summed E-state index contributed by atoms with van der Waals surface area (Å²) in [5.41, 5.74) is 5.90. The van der Waals surface area contributed by atoms with E-state index >= 15 is 8.78 Å². The van der Waals surface area contributed by atoms with E-state index in [1.165, 1.54) is 17.7 Å². The molecular formula is C29H32Cl2F2N2O3. The van der Waals surface area contributed by atoms with Crippen molar-refractivity contribution in [3.05, 3.63) is 80.9 Å². The smallest absolute Gasteiger partial charge is 0.325 e. The monoisotopic (exact) mass is 564 g/mol. The van der Waals surface area contributed by atoms with Gasteiger partial charge in [0.25, 0.3) is 0 Å². The van der Waals surface area contributed by atoms with Gasteiger partial charge in [0.2, 0.25) is 0 Å². The van der Waals surface area contributed by atoms with E-state index in [0.717, 1.165) is 6.42 Å². The third kappa shape index (κ3) is 4.27. The lowest BCUT2D eigenvalue weighted by Gasteiger charge is -2.45. The van der Waals surface area contributed by atoms with Gasteiger partial charge in [0.1, 0.15) is 17.7 Å². The highest BCUT2D eigenvalue weighted by Crippen LogP contribution is 2.59. The fraction of sp³-hybridized carbons (Fsp3) is 0.483. The van der Waals surface area contributed by atoms with Crippen LogP contribution in [0.3, 0.4) is 0 Å². The number of benzene rings is 2. The van der Waals surface area contributed by atoms with E-state index in [2.05, 4.69) is 19.9 Å². The minimum atomic E-state index is -1.54. The molecule has 38 heavy (non-hydrogen) atoms. The lowest BCUT2D eigenvalue weighted by atomic mass is 9.66. The molecule has 5 rings (SSSR count). The van der Waals surface area contributed by atoms with Crippen molar-refractivity contribution in [2.45, 2.75) is 69.8 Å². The van der Waals surface area contributed by atoms with Crippen LogP contribution in [0.2, 0.25) is 10.0 Å². The molecule has 4 atom stereocenters. The van der Waals surface area contributed by atoms with Crippen LogP contribution in [0.15, 0.2) is 48.0 Å². The Hall–Kier alpha value is -2.03. The molecule has 9 heteroatoms. The first-order chi connectivity index (χ1) is 17.8. The van der Waals surface area contributed by atoms with Gasteiger partial charge in [-0.25, -0.2) is 13.7 Å². The van der Waals surface area contributed by atoms with Crippen molar-refractivity contribution >= 4 is 29.2 Å². The van der Waals surface area contributed by atoms with Crippen molar-refractivity contribution in [2.75, 3.05) is 13.2 Å². The molecule has 204 valence electrons. The molecule has 0 spiro atoms. The van der Waals surface area contributed by atoms with Crippen LogP contribution in [0.4, 0.5) is 8.78 Å². The third-order valence-corrected chi connectivity index (χ3v) is 9.01. The van der Waals surface area contributed by atoms with Crippen molar-refractivity contribution in [2.24, 2.45) is 11.1 Å². The average Bonchev–Trinajstić information content (AvgIpc) is 3.24. The molecule has 3 aliphatic heterocycles. The second-order valence-corrected chi connectivity index (χ2v) is 12.4. The first kappa shape index (κ1) is 27.5. The van der Waals surface area contributed by atoms with Gasteiger partial charge in [0.05, 0.1) is 23.8 Å². The van der Waals surface area contributed by atoms with E-state index in [1.807, 2.05) is 4.90 Å². The molecule has 2 fully saturated rings. The van der Waals surface area contributed by atoms with E-state index < -0.39 is 52.3 Å². The molecule has 0 aromatic heterocycles. The van der Waals surface area contributed by atoms with Crippen LogP contribution in [0.1, 0.15) is 57.6 Å². The summed E-state index contributed by atoms with van der Waals surface area (Å²) in [5.74, 6) is -2.83. The molecule has 3 aliphatic rings. The van der Waals surface area contributed by atoms with Gasteiger partial charge in [0.15, 0.2) is 5.72 Å². The van der Waals surface area contributed by atoms with Crippen LogP contribution < -0.4 is 5.73 Å². The van der Waals surface area contributed by atoms with E-state index in [4.69, 9.17) is 38.4 Å². The van der Waals surface area contributed by atoms with Crippen LogP contribution in [0.25, 0.3) is 0 Å². The predicted molar refractivity (Wildman–Crippen MR) is 143 cm³/mol. The quantitative estimate of drug-likeness (QED) is 0.340. The topological polar surface area (TPSA) is 64.8 Å². The Labute approximate surface area is 231 Å². The van der Waals surface area contributed by atoms with Gasteiger partial charge in [-0.3, -0.25) is 4.79 Å². The van der Waals surface area contributed by atoms with Gasteiger partial charge in [-0.05, 0) is 55.9 Å². The van der Waals surface area contributed by atoms with Crippen molar-refractivity contribution in [3.63, 3.8) is 0 Å². The normalized spacial score (nSPS) is 29.2. The highest BCUT2D eigenvalue weighted by Gasteiger charge is 2.69. The van der Waals surface area contributed by atoms with Gasteiger partial charge < -0.3 is 15.2 Å². The van der Waals surface area contributed by atoms with Crippen molar-refractivity contribution < 1.29 is 23.0 Å². The Morgan fingerprint density at radius 1 is 1.18 bits per heavy atom. The Kier molecular flexibility index (Phi) is 6.93. The summed E-state index contributed by atoms with van der Waals surface area (Å²) in [5, 5.41) is 0.109. The number of nitrogens with two attached hydrogens (primary N) is 1. The fourth-order valence-corrected chi connectivity index (χ4v) is 7.11. The zero-order valence-electron chi connectivity index (χ0n) is 21.9. The van der Waals surface area contributed by atoms with Crippen molar-refractivity contribution in [1.29, 1.82) is 0 Å². The van der Waals surface area contributed by atoms with Gasteiger partial charge >= 0.3 is 5.97 Å². The standard InChI is InChI=1S/C29H32Cl2F2N2O3/c1-27(2,16-10-12-37-13-11-16)15-22-29(34,19-9-8-17(30)14-21(19)32)23(18-6-5-7-20(31)24(18)33)25-26(36)38-28(3,4)35(22)25/h5-10,14,22-23,25H,11-13,15,34H2,1-4H3/t22-,23-,25+,29+/m0/s1. The predicted octanol–water partition coefficient (Wildman–Crippen LogP) is 6.32. The molecular weight excluding hydrogens is 533 g/mol. The summed E-state index contributed by atoms with van der Waals surface area (Å²) in [6, 6.07) is 7.34. The van der Waals surface area contributed by atoms with Crippen LogP contribution >= 0.6 is 23.2 Å². The molecule has 0 amide bonds. The SMILES string of the molecule is CC(C)(C[C@@H]1N2[C@@H](C(=O)OC2(C)C)[C@H](c2cccc(Cl)c2F)[C@@]1(N)c1ccc(Cl)cc1F)C1=CCOCC1. The minimum Gasteiger partial charge on any atom is -0.443 e. The number of rotatable bonds is 5. The summed E-state index contributed by atoms with van der Waals surface area (Å²) in [6.45, 7) is 8.91. The average molecular weight is 565 g/mol. The number of hydrogen-bond acceptors (Lipinski definition) is 5. The number of carbonyl (C=O) groups excluding carboxylic acids is 1. The molecule has 0 unspecified atom stereocenters. The van der Waals surface area contributed by atoms with Gasteiger partial charge in [-0.2, -0.15) is 0 Å². The van der Waals surface area contributed by atoms with E-state index in [1.54, 1.807) is 38.1 Å². The second kappa shape index (κ2) is 9.56. The molecule has 2 N–H and O–H groups in total. The summed E-state index contributed by atoms with van der Waals surface area (Å²) >= 11 is 12.3. The summed E-state index contributed by atoms with van der Waals surface area (Å²) in [4.78, 5) is 15.4. The molecule has 0 bridgehead atoms. The molecule has 0 saturated carbocycles. The maximum atomic E-state index is 15.8. The summed E-state index contributed by atoms with van der Waals surface area (Å²) < 4.78 is 42.9. The number of ether oxygens (including phenoxy) is 2. The Morgan fingerprint density at radius 3 is 2.58 bits per heavy atom. The molecule has 0 aliphatic carbocycles. The number of carbonyl (C=O) groups is 1. The Balaban J connectivity index is 1.77. The fourth-order valence-electron chi connectivity index (χ4n) is 6.77. The first-order valence-electron chi connectivity index (χ1n) is 12.8. The largest absolute Gasteiger partial charge is 0.443 e. The molecule has 2 aromatic rings. The van der Waals surface area contributed by atoms with Crippen LogP contribution in [-0.2, 0) is 19.8 Å². The Morgan fingerprint density at radius 2 is 1.92 bits per heavy atom. The number of fused-ring (bicyclic) bond motifs is 1. The molecule has 0 radical (unpaired) electrons. The summed E-state index contributed by atoms with van der Waals surface area (Å²) in [7, 11) is 0. The van der Waals surface area contributed by atoms with Gasteiger partial charge in [0, 0.05) is 22.5 Å². The maximum absolute atomic E-state index is 15.8. The zero-order valence-corrected chi connectivity index (χ0v) is 23.4. The van der Waals surface area contributed by atoms with Gasteiger partial charge in [-0.1, -0.05) is 66.9 Å². The first-order valence-corrected chi connectivity index (χ1v) is 13.5.